The molecule has 1 N–H and O–H groups in total. The smallest absolute Gasteiger partial charge is 0.317 e. The van der Waals surface area contributed by atoms with Gasteiger partial charge in [-0.05, 0) is 47.7 Å². The summed E-state index contributed by atoms with van der Waals surface area (Å²) in [6.45, 7) is 1.95. The molecule has 0 atom stereocenters. The monoisotopic (exact) mass is 352 g/mol. The molecule has 0 unspecified atom stereocenters. The number of carbonyl (C=O) groups excluding carboxylic acids is 1. The molecule has 1 fully saturated rings. The molecule has 138 valence electrons. The van der Waals surface area contributed by atoms with Gasteiger partial charge in [0.15, 0.2) is 0 Å². The summed E-state index contributed by atoms with van der Waals surface area (Å²) in [7, 11) is 0. The first-order valence-corrected chi connectivity index (χ1v) is 9.62. The van der Waals surface area contributed by atoms with Crippen LogP contribution < -0.4 is 5.32 Å². The number of aromatic nitrogens is 2. The van der Waals surface area contributed by atoms with Crippen LogP contribution in [0, 0.1) is 5.92 Å². The van der Waals surface area contributed by atoms with Crippen molar-refractivity contribution in [1.82, 2.24) is 20.2 Å². The van der Waals surface area contributed by atoms with Crippen LogP contribution in [0.1, 0.15) is 49.7 Å². The Morgan fingerprint density at radius 3 is 2.23 bits per heavy atom. The van der Waals surface area contributed by atoms with Crippen molar-refractivity contribution in [3.05, 3.63) is 60.2 Å². The van der Waals surface area contributed by atoms with E-state index >= 15 is 0 Å². The lowest BCUT2D eigenvalue weighted by Crippen LogP contribution is -2.40. The molecule has 0 spiro atoms. The van der Waals surface area contributed by atoms with Gasteiger partial charge in [0, 0.05) is 44.4 Å². The molecule has 1 aliphatic rings. The highest BCUT2D eigenvalue weighted by Crippen LogP contribution is 2.26. The maximum absolute atomic E-state index is 12.8. The van der Waals surface area contributed by atoms with Crippen LogP contribution in [0.2, 0.25) is 0 Å². The van der Waals surface area contributed by atoms with Crippen molar-refractivity contribution in [3.8, 4) is 0 Å². The molecule has 5 heteroatoms. The molecule has 2 amide bonds. The minimum atomic E-state index is -0.00515. The zero-order chi connectivity index (χ0) is 18.0. The van der Waals surface area contributed by atoms with E-state index in [0.717, 1.165) is 30.0 Å². The fourth-order valence-electron chi connectivity index (χ4n) is 3.57. The molecule has 0 radical (unpaired) electrons. The largest absolute Gasteiger partial charge is 0.334 e. The molecule has 1 saturated carbocycles. The molecule has 2 aromatic rings. The molecule has 0 aromatic carbocycles. The summed E-state index contributed by atoms with van der Waals surface area (Å²) in [5.74, 6) is 0.761. The molecule has 0 bridgehead atoms. The molecule has 0 aliphatic heterocycles. The number of nitrogens with one attached hydrogen (secondary N) is 1. The Morgan fingerprint density at radius 2 is 1.58 bits per heavy atom. The third-order valence-corrected chi connectivity index (χ3v) is 5.14. The topological polar surface area (TPSA) is 58.1 Å². The number of hydrogen-bond donors (Lipinski definition) is 1. The van der Waals surface area contributed by atoms with Gasteiger partial charge in [-0.3, -0.25) is 9.97 Å². The molecule has 1 aliphatic carbocycles. The van der Waals surface area contributed by atoms with Crippen LogP contribution in [-0.2, 0) is 13.1 Å². The van der Waals surface area contributed by atoms with E-state index < -0.39 is 0 Å². The Labute approximate surface area is 155 Å². The zero-order valence-electron chi connectivity index (χ0n) is 15.3. The van der Waals surface area contributed by atoms with Gasteiger partial charge in [0.2, 0.25) is 0 Å². The van der Waals surface area contributed by atoms with Gasteiger partial charge in [-0.15, -0.1) is 0 Å². The number of amides is 2. The van der Waals surface area contributed by atoms with Crippen LogP contribution >= 0.6 is 0 Å². The lowest BCUT2D eigenvalue weighted by molar-refractivity contribution is 0.186. The second-order valence-electron chi connectivity index (χ2n) is 7.08. The normalized spacial score (nSPS) is 14.8. The van der Waals surface area contributed by atoms with Gasteiger partial charge in [-0.25, -0.2) is 4.79 Å². The van der Waals surface area contributed by atoms with E-state index in [1.54, 1.807) is 24.8 Å². The Hall–Kier alpha value is -2.43. The summed E-state index contributed by atoms with van der Waals surface area (Å²) in [5.41, 5.74) is 2.17. The van der Waals surface area contributed by atoms with E-state index in [2.05, 4.69) is 15.3 Å². The van der Waals surface area contributed by atoms with Gasteiger partial charge in [-0.2, -0.15) is 0 Å². The van der Waals surface area contributed by atoms with Gasteiger partial charge < -0.3 is 10.2 Å². The van der Waals surface area contributed by atoms with Crippen molar-refractivity contribution in [2.75, 3.05) is 6.54 Å². The maximum atomic E-state index is 12.8. The number of hydrogen-bond acceptors (Lipinski definition) is 3. The van der Waals surface area contributed by atoms with Crippen LogP contribution in [0.25, 0.3) is 0 Å². The van der Waals surface area contributed by atoms with Crippen molar-refractivity contribution in [1.29, 1.82) is 0 Å². The molecular weight excluding hydrogens is 324 g/mol. The number of urea groups is 1. The second-order valence-corrected chi connectivity index (χ2v) is 7.08. The Bertz CT molecular complexity index is 656. The summed E-state index contributed by atoms with van der Waals surface area (Å²) in [6.07, 6.45) is 14.8. The SMILES string of the molecule is O=C(NCc1ccncc1)N(CCC1CCCCC1)Cc1ccncc1. The van der Waals surface area contributed by atoms with Crippen LogP contribution in [0.4, 0.5) is 4.79 Å². The van der Waals surface area contributed by atoms with Gasteiger partial charge in [0.1, 0.15) is 0 Å². The minimum absolute atomic E-state index is 0.00515. The third kappa shape index (κ3) is 5.83. The summed E-state index contributed by atoms with van der Waals surface area (Å²) in [6, 6.07) is 7.80. The Morgan fingerprint density at radius 1 is 0.962 bits per heavy atom. The average molecular weight is 352 g/mol. The first kappa shape index (κ1) is 18.4. The predicted octanol–water partition coefficient (Wildman–Crippen LogP) is 4.16. The number of rotatable bonds is 7. The van der Waals surface area contributed by atoms with Crippen LogP contribution in [0.5, 0.6) is 0 Å². The zero-order valence-corrected chi connectivity index (χ0v) is 15.3. The molecule has 3 rings (SSSR count). The first-order valence-electron chi connectivity index (χ1n) is 9.62. The first-order chi connectivity index (χ1) is 12.8. The third-order valence-electron chi connectivity index (χ3n) is 5.14. The Balaban J connectivity index is 1.58. The predicted molar refractivity (Wildman–Crippen MR) is 102 cm³/mol. The fraction of sp³-hybridized carbons (Fsp3) is 0.476. The van der Waals surface area contributed by atoms with Crippen molar-refractivity contribution >= 4 is 6.03 Å². The van der Waals surface area contributed by atoms with Crippen molar-refractivity contribution in [2.45, 2.75) is 51.6 Å². The van der Waals surface area contributed by atoms with Crippen molar-refractivity contribution in [3.63, 3.8) is 0 Å². The Kier molecular flexibility index (Phi) is 6.99. The van der Waals surface area contributed by atoms with Gasteiger partial charge in [0.25, 0.3) is 0 Å². The minimum Gasteiger partial charge on any atom is -0.334 e. The summed E-state index contributed by atoms with van der Waals surface area (Å²) in [5, 5.41) is 3.05. The van der Waals surface area contributed by atoms with E-state index in [1.165, 1.54) is 32.1 Å². The van der Waals surface area contributed by atoms with Crippen LogP contribution in [0.15, 0.2) is 49.1 Å². The van der Waals surface area contributed by atoms with Gasteiger partial charge in [-0.1, -0.05) is 32.1 Å². The summed E-state index contributed by atoms with van der Waals surface area (Å²) in [4.78, 5) is 22.8. The number of nitrogens with zero attached hydrogens (tertiary/aromatic N) is 3. The summed E-state index contributed by atoms with van der Waals surface area (Å²) < 4.78 is 0. The van der Waals surface area contributed by atoms with Gasteiger partial charge in [0.05, 0.1) is 0 Å². The molecular formula is C21H28N4O. The highest BCUT2D eigenvalue weighted by atomic mass is 16.2. The van der Waals surface area contributed by atoms with E-state index in [4.69, 9.17) is 0 Å². The molecule has 0 saturated heterocycles. The fourth-order valence-corrected chi connectivity index (χ4v) is 3.57. The quantitative estimate of drug-likeness (QED) is 0.814. The van der Waals surface area contributed by atoms with Crippen LogP contribution in [-0.4, -0.2) is 27.4 Å². The second kappa shape index (κ2) is 9.90. The number of pyridine rings is 2. The van der Waals surface area contributed by atoms with Crippen molar-refractivity contribution < 1.29 is 4.79 Å². The van der Waals surface area contributed by atoms with Crippen molar-refractivity contribution in [2.24, 2.45) is 5.92 Å². The number of carbonyl (C=O) groups is 1. The van der Waals surface area contributed by atoms with Crippen LogP contribution in [0.3, 0.4) is 0 Å². The van der Waals surface area contributed by atoms with E-state index in [0.29, 0.717) is 13.1 Å². The van der Waals surface area contributed by atoms with E-state index in [-0.39, 0.29) is 6.03 Å². The summed E-state index contributed by atoms with van der Waals surface area (Å²) >= 11 is 0. The highest BCUT2D eigenvalue weighted by molar-refractivity contribution is 5.74. The molecule has 26 heavy (non-hydrogen) atoms. The highest BCUT2D eigenvalue weighted by Gasteiger charge is 2.18. The average Bonchev–Trinajstić information content (AvgIpc) is 2.71. The lowest BCUT2D eigenvalue weighted by Gasteiger charge is -2.27. The molecule has 5 nitrogen and oxygen atoms in total. The molecule has 2 heterocycles. The standard InChI is InChI=1S/C21H28N4O/c26-21(24-16-19-6-11-22-12-7-19)25(17-20-8-13-23-14-9-20)15-10-18-4-2-1-3-5-18/h6-9,11-14,18H,1-5,10,15-17H2,(H,24,26). The van der Waals surface area contributed by atoms with E-state index in [1.807, 2.05) is 29.2 Å². The lowest BCUT2D eigenvalue weighted by atomic mass is 9.87. The maximum Gasteiger partial charge on any atom is 0.317 e. The molecule has 2 aromatic heterocycles. The van der Waals surface area contributed by atoms with E-state index in [9.17, 15) is 4.79 Å². The van der Waals surface area contributed by atoms with Gasteiger partial charge >= 0.3 is 6.03 Å².